The van der Waals surface area contributed by atoms with E-state index in [1.54, 1.807) is 11.3 Å². The Morgan fingerprint density at radius 3 is 2.67 bits per heavy atom. The predicted octanol–water partition coefficient (Wildman–Crippen LogP) is 5.63. The molecule has 18 heavy (non-hydrogen) atoms. The van der Waals surface area contributed by atoms with Crippen LogP contribution in [-0.2, 0) is 0 Å². The molecule has 5 heteroatoms. The van der Waals surface area contributed by atoms with E-state index < -0.39 is 0 Å². The van der Waals surface area contributed by atoms with Gasteiger partial charge in [0.25, 0.3) is 0 Å². The molecule has 1 aromatic carbocycles. The minimum atomic E-state index is 0.130. The van der Waals surface area contributed by atoms with Gasteiger partial charge in [-0.2, -0.15) is 0 Å². The van der Waals surface area contributed by atoms with Crippen LogP contribution in [0, 0.1) is 0 Å². The molecular formula is C13H12Br2ClNS. The summed E-state index contributed by atoms with van der Waals surface area (Å²) in [5.74, 6) is 0. The molecule has 1 atom stereocenters. The van der Waals surface area contributed by atoms with Crippen molar-refractivity contribution in [3.63, 3.8) is 0 Å². The first-order valence-corrected chi connectivity index (χ1v) is 8.39. The first-order valence-electron chi connectivity index (χ1n) is 5.54. The maximum Gasteiger partial charge on any atom is 0.0697 e. The zero-order valence-electron chi connectivity index (χ0n) is 9.71. The zero-order valence-corrected chi connectivity index (χ0v) is 14.5. The lowest BCUT2D eigenvalue weighted by Gasteiger charge is -2.19. The Morgan fingerprint density at radius 1 is 1.33 bits per heavy atom. The Labute approximate surface area is 133 Å². The minimum absolute atomic E-state index is 0.130. The molecule has 1 heterocycles. The number of thiophene rings is 1. The Bertz CT molecular complexity index is 542. The van der Waals surface area contributed by atoms with Crippen LogP contribution in [-0.4, -0.2) is 6.54 Å². The van der Waals surface area contributed by atoms with Crippen molar-refractivity contribution in [2.24, 2.45) is 0 Å². The fourth-order valence-corrected chi connectivity index (χ4v) is 4.33. The molecule has 2 aromatic rings. The summed E-state index contributed by atoms with van der Waals surface area (Å²) in [7, 11) is 0. The second-order valence-corrected chi connectivity index (χ2v) is 6.91. The second kappa shape index (κ2) is 6.53. The lowest BCUT2D eigenvalue weighted by molar-refractivity contribution is 0.637. The highest BCUT2D eigenvalue weighted by molar-refractivity contribution is 9.11. The zero-order chi connectivity index (χ0) is 13.1. The van der Waals surface area contributed by atoms with Gasteiger partial charge in [-0.1, -0.05) is 56.5 Å². The molecular weight excluding hydrogens is 397 g/mol. The third kappa shape index (κ3) is 3.17. The van der Waals surface area contributed by atoms with E-state index in [1.807, 2.05) is 17.5 Å². The number of rotatable bonds is 4. The van der Waals surface area contributed by atoms with Crippen LogP contribution in [0.4, 0.5) is 0 Å². The Hall–Kier alpha value is 0.130. The fraction of sp³-hybridized carbons (Fsp3) is 0.231. The topological polar surface area (TPSA) is 12.0 Å². The average Bonchev–Trinajstić information content (AvgIpc) is 2.73. The van der Waals surface area contributed by atoms with Gasteiger partial charge in [0.2, 0.25) is 0 Å². The van der Waals surface area contributed by atoms with Gasteiger partial charge in [-0.25, -0.2) is 0 Å². The molecule has 0 aliphatic carbocycles. The summed E-state index contributed by atoms with van der Waals surface area (Å²) in [5, 5.41) is 6.33. The highest BCUT2D eigenvalue weighted by Crippen LogP contribution is 2.36. The summed E-state index contributed by atoms with van der Waals surface area (Å²) in [5.41, 5.74) is 1.20. The standard InChI is InChI=1S/C13H12Br2ClNS/c1-2-17-12(13-11(16)5-6-18-13)9-4-3-8(14)7-10(9)15/h3-7,12,17H,2H2,1H3. The molecule has 0 fully saturated rings. The molecule has 0 saturated heterocycles. The van der Waals surface area contributed by atoms with Crippen LogP contribution in [0.2, 0.25) is 5.02 Å². The summed E-state index contributed by atoms with van der Waals surface area (Å²) >= 11 is 15.0. The number of halogens is 3. The van der Waals surface area contributed by atoms with Crippen molar-refractivity contribution in [1.29, 1.82) is 0 Å². The van der Waals surface area contributed by atoms with Crippen molar-refractivity contribution in [3.05, 3.63) is 54.1 Å². The Morgan fingerprint density at radius 2 is 2.11 bits per heavy atom. The number of benzene rings is 1. The molecule has 0 amide bonds. The van der Waals surface area contributed by atoms with E-state index in [-0.39, 0.29) is 6.04 Å². The minimum Gasteiger partial charge on any atom is -0.306 e. The number of hydrogen-bond donors (Lipinski definition) is 1. The monoisotopic (exact) mass is 407 g/mol. The Kier molecular flexibility index (Phi) is 5.27. The second-order valence-electron chi connectivity index (χ2n) is 3.79. The van der Waals surface area contributed by atoms with Gasteiger partial charge in [0.1, 0.15) is 0 Å². The lowest BCUT2D eigenvalue weighted by Crippen LogP contribution is -2.21. The summed E-state index contributed by atoms with van der Waals surface area (Å²) in [6, 6.07) is 8.29. The Balaban J connectivity index is 2.45. The molecule has 0 saturated carbocycles. The molecule has 0 bridgehead atoms. The van der Waals surface area contributed by atoms with E-state index in [1.165, 1.54) is 5.56 Å². The maximum absolute atomic E-state index is 6.25. The van der Waals surface area contributed by atoms with Gasteiger partial charge in [0, 0.05) is 13.8 Å². The molecule has 2 rings (SSSR count). The summed E-state index contributed by atoms with van der Waals surface area (Å²) < 4.78 is 2.14. The third-order valence-electron chi connectivity index (χ3n) is 2.59. The van der Waals surface area contributed by atoms with E-state index in [2.05, 4.69) is 56.2 Å². The first kappa shape index (κ1) is 14.5. The van der Waals surface area contributed by atoms with Gasteiger partial charge in [-0.05, 0) is 35.7 Å². The number of hydrogen-bond acceptors (Lipinski definition) is 2. The van der Waals surface area contributed by atoms with Crippen molar-refractivity contribution < 1.29 is 0 Å². The van der Waals surface area contributed by atoms with Crippen LogP contribution >= 0.6 is 54.8 Å². The molecule has 1 aromatic heterocycles. The highest BCUT2D eigenvalue weighted by Gasteiger charge is 2.19. The van der Waals surface area contributed by atoms with Gasteiger partial charge in [0.05, 0.1) is 11.1 Å². The number of nitrogens with one attached hydrogen (secondary N) is 1. The van der Waals surface area contributed by atoms with Gasteiger partial charge in [-0.15, -0.1) is 11.3 Å². The van der Waals surface area contributed by atoms with Crippen molar-refractivity contribution in [2.75, 3.05) is 6.54 Å². The van der Waals surface area contributed by atoms with E-state index in [0.717, 1.165) is 25.4 Å². The van der Waals surface area contributed by atoms with Crippen molar-refractivity contribution in [3.8, 4) is 0 Å². The maximum atomic E-state index is 6.25. The van der Waals surface area contributed by atoms with E-state index >= 15 is 0 Å². The highest BCUT2D eigenvalue weighted by atomic mass is 79.9. The molecule has 0 radical (unpaired) electrons. The predicted molar refractivity (Wildman–Crippen MR) is 86.7 cm³/mol. The molecule has 0 spiro atoms. The van der Waals surface area contributed by atoms with Crippen molar-refractivity contribution in [1.82, 2.24) is 5.32 Å². The summed E-state index contributed by atoms with van der Waals surface area (Å²) in [6.07, 6.45) is 0. The molecule has 96 valence electrons. The first-order chi connectivity index (χ1) is 8.63. The molecule has 0 aliphatic rings. The van der Waals surface area contributed by atoms with Gasteiger partial charge >= 0.3 is 0 Å². The van der Waals surface area contributed by atoms with Crippen LogP contribution in [0.25, 0.3) is 0 Å². The normalized spacial score (nSPS) is 12.7. The van der Waals surface area contributed by atoms with Crippen LogP contribution in [0.1, 0.15) is 23.4 Å². The molecule has 0 aliphatic heterocycles. The lowest BCUT2D eigenvalue weighted by atomic mass is 10.1. The van der Waals surface area contributed by atoms with Crippen LogP contribution in [0.5, 0.6) is 0 Å². The van der Waals surface area contributed by atoms with E-state index in [0.29, 0.717) is 0 Å². The van der Waals surface area contributed by atoms with Crippen molar-refractivity contribution >= 4 is 54.8 Å². The molecule has 1 unspecified atom stereocenters. The van der Waals surface area contributed by atoms with Crippen LogP contribution < -0.4 is 5.32 Å². The third-order valence-corrected chi connectivity index (χ3v) is 5.19. The van der Waals surface area contributed by atoms with Crippen LogP contribution in [0.3, 0.4) is 0 Å². The largest absolute Gasteiger partial charge is 0.306 e. The summed E-state index contributed by atoms with van der Waals surface area (Å²) in [4.78, 5) is 1.15. The van der Waals surface area contributed by atoms with Crippen LogP contribution in [0.15, 0.2) is 38.6 Å². The summed E-state index contributed by atoms with van der Waals surface area (Å²) in [6.45, 7) is 2.99. The smallest absolute Gasteiger partial charge is 0.0697 e. The van der Waals surface area contributed by atoms with Gasteiger partial charge in [0.15, 0.2) is 0 Å². The SMILES string of the molecule is CCNC(c1ccc(Br)cc1Br)c1sccc1Cl. The van der Waals surface area contributed by atoms with Gasteiger partial charge in [-0.3, -0.25) is 0 Å². The van der Waals surface area contributed by atoms with Gasteiger partial charge < -0.3 is 5.32 Å². The van der Waals surface area contributed by atoms with E-state index in [9.17, 15) is 0 Å². The fourth-order valence-electron chi connectivity index (χ4n) is 1.80. The average molecular weight is 410 g/mol. The quantitative estimate of drug-likeness (QED) is 0.690. The molecule has 1 N–H and O–H groups in total. The molecule has 1 nitrogen and oxygen atoms in total. The van der Waals surface area contributed by atoms with Crippen molar-refractivity contribution in [2.45, 2.75) is 13.0 Å². The van der Waals surface area contributed by atoms with E-state index in [4.69, 9.17) is 11.6 Å².